The van der Waals surface area contributed by atoms with E-state index in [4.69, 9.17) is 5.73 Å². The Kier molecular flexibility index (Phi) is 4.37. The minimum Gasteiger partial charge on any atom is -0.368 e. The van der Waals surface area contributed by atoms with Crippen molar-refractivity contribution in [3.63, 3.8) is 0 Å². The molecule has 0 spiro atoms. The van der Waals surface area contributed by atoms with E-state index in [9.17, 15) is 0 Å². The van der Waals surface area contributed by atoms with Crippen molar-refractivity contribution in [3.05, 3.63) is 44.8 Å². The van der Waals surface area contributed by atoms with Crippen molar-refractivity contribution in [1.82, 2.24) is 4.98 Å². The number of nitrogens with zero attached hydrogens (tertiary/aromatic N) is 2. The first-order chi connectivity index (χ1) is 8.58. The van der Waals surface area contributed by atoms with Gasteiger partial charge in [-0.25, -0.2) is 4.98 Å². The molecule has 5 heteroatoms. The lowest BCUT2D eigenvalue weighted by Gasteiger charge is -2.23. The number of thiazole rings is 1. The summed E-state index contributed by atoms with van der Waals surface area (Å²) in [6.07, 6.45) is 0. The van der Waals surface area contributed by atoms with Gasteiger partial charge in [-0.2, -0.15) is 0 Å². The van der Waals surface area contributed by atoms with E-state index in [0.29, 0.717) is 0 Å². The zero-order chi connectivity index (χ0) is 13.1. The van der Waals surface area contributed by atoms with Gasteiger partial charge in [0.15, 0.2) is 0 Å². The third-order valence-corrected chi connectivity index (χ3v) is 3.90. The predicted molar refractivity (Wildman–Crippen MR) is 81.0 cm³/mol. The molecule has 1 unspecified atom stereocenters. The lowest BCUT2D eigenvalue weighted by atomic mass is 10.1. The van der Waals surface area contributed by atoms with E-state index in [1.54, 1.807) is 11.3 Å². The summed E-state index contributed by atoms with van der Waals surface area (Å²) in [5, 5.41) is 2.07. The van der Waals surface area contributed by atoms with Crippen molar-refractivity contribution in [1.29, 1.82) is 0 Å². The molecule has 1 aromatic heterocycles. The third kappa shape index (κ3) is 3.10. The molecule has 0 bridgehead atoms. The molecule has 0 radical (unpaired) electrons. The molecule has 96 valence electrons. The summed E-state index contributed by atoms with van der Waals surface area (Å²) in [4.78, 5) is 6.49. The summed E-state index contributed by atoms with van der Waals surface area (Å²) in [5.74, 6) is 0. The largest absolute Gasteiger partial charge is 0.368 e. The Morgan fingerprint density at radius 3 is 2.89 bits per heavy atom. The molecular formula is C13H16BrN3S. The van der Waals surface area contributed by atoms with E-state index in [-0.39, 0.29) is 6.04 Å². The van der Waals surface area contributed by atoms with E-state index in [0.717, 1.165) is 28.0 Å². The van der Waals surface area contributed by atoms with Gasteiger partial charge >= 0.3 is 0 Å². The Hall–Kier alpha value is -0.910. The van der Waals surface area contributed by atoms with Crippen LogP contribution in [0.4, 0.5) is 5.69 Å². The highest BCUT2D eigenvalue weighted by Gasteiger charge is 2.12. The average molecular weight is 326 g/mol. The highest BCUT2D eigenvalue weighted by Crippen LogP contribution is 2.28. The fourth-order valence-corrected chi connectivity index (χ4v) is 2.81. The molecule has 1 heterocycles. The van der Waals surface area contributed by atoms with Crippen LogP contribution in [0.5, 0.6) is 0 Å². The van der Waals surface area contributed by atoms with Crippen molar-refractivity contribution in [2.75, 3.05) is 11.9 Å². The number of anilines is 1. The van der Waals surface area contributed by atoms with Gasteiger partial charge in [-0.1, -0.05) is 15.9 Å². The molecule has 0 saturated carbocycles. The van der Waals surface area contributed by atoms with Crippen molar-refractivity contribution >= 4 is 33.0 Å². The summed E-state index contributed by atoms with van der Waals surface area (Å²) in [7, 11) is 2.06. The van der Waals surface area contributed by atoms with Crippen molar-refractivity contribution in [2.24, 2.45) is 5.73 Å². The summed E-state index contributed by atoms with van der Waals surface area (Å²) in [5.41, 5.74) is 11.3. The first-order valence-corrected chi connectivity index (χ1v) is 7.44. The van der Waals surface area contributed by atoms with Crippen LogP contribution >= 0.6 is 27.3 Å². The van der Waals surface area contributed by atoms with Gasteiger partial charge in [-0.15, -0.1) is 11.3 Å². The molecule has 1 aromatic carbocycles. The highest BCUT2D eigenvalue weighted by atomic mass is 79.9. The zero-order valence-electron chi connectivity index (χ0n) is 10.4. The second kappa shape index (κ2) is 5.82. The van der Waals surface area contributed by atoms with Gasteiger partial charge in [0.05, 0.1) is 17.7 Å². The van der Waals surface area contributed by atoms with E-state index in [1.807, 2.05) is 18.5 Å². The second-order valence-electron chi connectivity index (χ2n) is 4.33. The molecule has 0 aliphatic carbocycles. The Labute approximate surface area is 120 Å². The lowest BCUT2D eigenvalue weighted by molar-refractivity contribution is 0.797. The van der Waals surface area contributed by atoms with Crippen LogP contribution in [-0.4, -0.2) is 12.0 Å². The fraction of sp³-hybridized carbons (Fsp3) is 0.308. The monoisotopic (exact) mass is 325 g/mol. The van der Waals surface area contributed by atoms with Gasteiger partial charge < -0.3 is 10.6 Å². The molecule has 0 aliphatic heterocycles. The van der Waals surface area contributed by atoms with Crippen LogP contribution in [0.3, 0.4) is 0 Å². The Morgan fingerprint density at radius 2 is 2.28 bits per heavy atom. The Balaban J connectivity index is 2.26. The van der Waals surface area contributed by atoms with Gasteiger partial charge in [0.25, 0.3) is 0 Å². The number of halogens is 1. The molecule has 2 N–H and O–H groups in total. The van der Waals surface area contributed by atoms with Gasteiger partial charge in [-0.05, 0) is 30.7 Å². The van der Waals surface area contributed by atoms with Crippen LogP contribution in [-0.2, 0) is 6.54 Å². The highest BCUT2D eigenvalue weighted by molar-refractivity contribution is 9.10. The molecule has 0 fully saturated rings. The zero-order valence-corrected chi connectivity index (χ0v) is 12.8. The maximum absolute atomic E-state index is 6.03. The number of aromatic nitrogens is 1. The summed E-state index contributed by atoms with van der Waals surface area (Å²) in [6.45, 7) is 2.80. The summed E-state index contributed by atoms with van der Waals surface area (Å²) in [6, 6.07) is 6.22. The minimum atomic E-state index is 0.00961. The maximum Gasteiger partial charge on any atom is 0.0795 e. The second-order valence-corrected chi connectivity index (χ2v) is 5.96. The van der Waals surface area contributed by atoms with Crippen LogP contribution in [0, 0.1) is 0 Å². The Bertz CT molecular complexity index is 511. The van der Waals surface area contributed by atoms with E-state index >= 15 is 0 Å². The van der Waals surface area contributed by atoms with Gasteiger partial charge in [0.1, 0.15) is 0 Å². The fourth-order valence-electron chi connectivity index (χ4n) is 1.88. The van der Waals surface area contributed by atoms with E-state index in [2.05, 4.69) is 50.4 Å². The van der Waals surface area contributed by atoms with Crippen molar-refractivity contribution in [3.8, 4) is 0 Å². The molecule has 2 aromatic rings. The minimum absolute atomic E-state index is 0.00961. The number of hydrogen-bond acceptors (Lipinski definition) is 4. The smallest absolute Gasteiger partial charge is 0.0795 e. The number of nitrogens with two attached hydrogens (primary N) is 1. The molecular weight excluding hydrogens is 310 g/mol. The SMILES string of the molecule is CC(N)c1cc(Br)ccc1N(C)Cc1cscn1. The van der Waals surface area contributed by atoms with Crippen LogP contribution in [0.2, 0.25) is 0 Å². The normalized spacial score (nSPS) is 12.4. The molecule has 2 rings (SSSR count). The van der Waals surface area contributed by atoms with Gasteiger partial charge in [0, 0.05) is 28.6 Å². The molecule has 0 amide bonds. The van der Waals surface area contributed by atoms with Crippen molar-refractivity contribution < 1.29 is 0 Å². The molecule has 3 nitrogen and oxygen atoms in total. The predicted octanol–water partition coefficient (Wildman–Crippen LogP) is 3.56. The van der Waals surface area contributed by atoms with Crippen LogP contribution in [0.1, 0.15) is 24.2 Å². The maximum atomic E-state index is 6.03. The van der Waals surface area contributed by atoms with Crippen LogP contribution < -0.4 is 10.6 Å². The number of rotatable bonds is 4. The summed E-state index contributed by atoms with van der Waals surface area (Å²) >= 11 is 5.11. The molecule has 0 saturated heterocycles. The molecule has 18 heavy (non-hydrogen) atoms. The quantitative estimate of drug-likeness (QED) is 0.934. The van der Waals surface area contributed by atoms with Crippen LogP contribution in [0.15, 0.2) is 33.6 Å². The average Bonchev–Trinajstić information content (AvgIpc) is 2.81. The summed E-state index contributed by atoms with van der Waals surface area (Å²) < 4.78 is 1.06. The lowest BCUT2D eigenvalue weighted by Crippen LogP contribution is -2.20. The molecule has 0 aliphatic rings. The number of benzene rings is 1. The third-order valence-electron chi connectivity index (χ3n) is 2.77. The topological polar surface area (TPSA) is 42.1 Å². The van der Waals surface area contributed by atoms with E-state index in [1.165, 1.54) is 0 Å². The van der Waals surface area contributed by atoms with Gasteiger partial charge in [-0.3, -0.25) is 0 Å². The standard InChI is InChI=1S/C13H16BrN3S/c1-9(15)12-5-10(14)3-4-13(12)17(2)6-11-7-18-8-16-11/h3-5,7-9H,6,15H2,1-2H3. The Morgan fingerprint density at radius 1 is 1.50 bits per heavy atom. The van der Waals surface area contributed by atoms with Crippen LogP contribution in [0.25, 0.3) is 0 Å². The molecule has 1 atom stereocenters. The first kappa shape index (κ1) is 13.5. The van der Waals surface area contributed by atoms with E-state index < -0.39 is 0 Å². The first-order valence-electron chi connectivity index (χ1n) is 5.71. The van der Waals surface area contributed by atoms with Crippen molar-refractivity contribution in [2.45, 2.75) is 19.5 Å². The number of hydrogen-bond donors (Lipinski definition) is 1. The van der Waals surface area contributed by atoms with Gasteiger partial charge in [0.2, 0.25) is 0 Å².